The van der Waals surface area contributed by atoms with Crippen LogP contribution in [0.25, 0.3) is 0 Å². The van der Waals surface area contributed by atoms with Gasteiger partial charge in [-0.05, 0) is 19.8 Å². The molecule has 0 saturated heterocycles. The molecule has 0 spiro atoms. The molecule has 0 aliphatic heterocycles. The summed E-state index contributed by atoms with van der Waals surface area (Å²) in [6.45, 7) is 1.78. The molecule has 1 heterocycles. The van der Waals surface area contributed by atoms with Gasteiger partial charge in [-0.2, -0.15) is 5.10 Å². The zero-order chi connectivity index (χ0) is 11.9. The summed E-state index contributed by atoms with van der Waals surface area (Å²) in [5.41, 5.74) is 12.2. The number of hydrogen-bond donors (Lipinski definition) is 3. The van der Waals surface area contributed by atoms with E-state index in [-0.39, 0.29) is 6.04 Å². The fourth-order valence-electron chi connectivity index (χ4n) is 2.09. The Labute approximate surface area is 94.0 Å². The van der Waals surface area contributed by atoms with E-state index in [1.807, 2.05) is 0 Å². The molecule has 0 aromatic carbocycles. The summed E-state index contributed by atoms with van der Waals surface area (Å²) in [5, 5.41) is 7.45. The lowest BCUT2D eigenvalue weighted by molar-refractivity contribution is 0.100. The summed E-state index contributed by atoms with van der Waals surface area (Å²) in [4.78, 5) is 11.3. The van der Waals surface area contributed by atoms with E-state index in [9.17, 15) is 4.79 Å². The lowest BCUT2D eigenvalue weighted by Crippen LogP contribution is -2.45. The molecule has 6 heteroatoms. The van der Waals surface area contributed by atoms with Gasteiger partial charge in [-0.3, -0.25) is 9.48 Å². The number of aryl methyl sites for hydroxylation is 2. The third-order valence-electron chi connectivity index (χ3n) is 2.98. The molecule has 0 atom stereocenters. The molecule has 1 aliphatic rings. The number of aromatic nitrogens is 2. The fraction of sp³-hybridized carbons (Fsp3) is 0.600. The zero-order valence-corrected chi connectivity index (χ0v) is 9.53. The molecular weight excluding hydrogens is 206 g/mol. The van der Waals surface area contributed by atoms with E-state index in [1.54, 1.807) is 18.7 Å². The minimum atomic E-state index is -0.447. The van der Waals surface area contributed by atoms with Gasteiger partial charge in [-0.1, -0.05) is 0 Å². The van der Waals surface area contributed by atoms with Crippen molar-refractivity contribution in [3.05, 3.63) is 11.3 Å². The maximum atomic E-state index is 11.3. The molecule has 0 bridgehead atoms. The van der Waals surface area contributed by atoms with Crippen LogP contribution in [0.3, 0.4) is 0 Å². The van der Waals surface area contributed by atoms with E-state index in [0.29, 0.717) is 23.1 Å². The SMILES string of the molecule is Cc1nn(C)c(NC2CC(N)C2)c1C(N)=O. The topological polar surface area (TPSA) is 99.0 Å². The number of carbonyl (C=O) groups is 1. The third-order valence-corrected chi connectivity index (χ3v) is 2.98. The smallest absolute Gasteiger partial charge is 0.254 e. The molecule has 88 valence electrons. The monoisotopic (exact) mass is 223 g/mol. The van der Waals surface area contributed by atoms with E-state index in [4.69, 9.17) is 11.5 Å². The van der Waals surface area contributed by atoms with E-state index in [2.05, 4.69) is 10.4 Å². The molecule has 1 aromatic heterocycles. The molecular formula is C10H17N5O. The first kappa shape index (κ1) is 10.9. The summed E-state index contributed by atoms with van der Waals surface area (Å²) in [7, 11) is 1.79. The predicted octanol–water partition coefficient (Wildman–Crippen LogP) is -0.271. The Morgan fingerprint density at radius 2 is 2.19 bits per heavy atom. The van der Waals surface area contributed by atoms with Crippen molar-refractivity contribution in [3.8, 4) is 0 Å². The Morgan fingerprint density at radius 3 is 2.69 bits per heavy atom. The molecule has 1 amide bonds. The van der Waals surface area contributed by atoms with Crippen LogP contribution < -0.4 is 16.8 Å². The Kier molecular flexibility index (Phi) is 2.59. The van der Waals surface area contributed by atoms with Crippen LogP contribution in [-0.4, -0.2) is 27.8 Å². The van der Waals surface area contributed by atoms with Crippen molar-refractivity contribution in [2.24, 2.45) is 18.5 Å². The molecule has 1 aliphatic carbocycles. The van der Waals surface area contributed by atoms with Crippen molar-refractivity contribution < 1.29 is 4.79 Å². The molecule has 1 fully saturated rings. The number of hydrogen-bond acceptors (Lipinski definition) is 4. The highest BCUT2D eigenvalue weighted by Crippen LogP contribution is 2.25. The van der Waals surface area contributed by atoms with Crippen LogP contribution in [0.4, 0.5) is 5.82 Å². The van der Waals surface area contributed by atoms with Crippen LogP contribution in [0.15, 0.2) is 0 Å². The lowest BCUT2D eigenvalue weighted by Gasteiger charge is -2.33. The van der Waals surface area contributed by atoms with Gasteiger partial charge in [0, 0.05) is 19.1 Å². The fourth-order valence-corrected chi connectivity index (χ4v) is 2.09. The summed E-state index contributed by atoms with van der Waals surface area (Å²) < 4.78 is 1.65. The molecule has 6 nitrogen and oxygen atoms in total. The molecule has 0 radical (unpaired) electrons. The first-order valence-corrected chi connectivity index (χ1v) is 5.34. The minimum absolute atomic E-state index is 0.267. The van der Waals surface area contributed by atoms with Crippen molar-refractivity contribution >= 4 is 11.7 Å². The molecule has 16 heavy (non-hydrogen) atoms. The van der Waals surface area contributed by atoms with Crippen LogP contribution >= 0.6 is 0 Å². The summed E-state index contributed by atoms with van der Waals surface area (Å²) in [6.07, 6.45) is 1.84. The van der Waals surface area contributed by atoms with E-state index >= 15 is 0 Å². The molecule has 1 aromatic rings. The summed E-state index contributed by atoms with van der Waals surface area (Å²) in [6, 6.07) is 0.590. The maximum Gasteiger partial charge on any atom is 0.254 e. The molecule has 2 rings (SSSR count). The normalized spacial score (nSPS) is 23.9. The number of nitrogens with zero attached hydrogens (tertiary/aromatic N) is 2. The highest BCUT2D eigenvalue weighted by molar-refractivity contribution is 5.98. The highest BCUT2D eigenvalue weighted by atomic mass is 16.1. The van der Waals surface area contributed by atoms with Crippen LogP contribution in [0.1, 0.15) is 28.9 Å². The Morgan fingerprint density at radius 1 is 1.56 bits per heavy atom. The Hall–Kier alpha value is -1.56. The molecule has 5 N–H and O–H groups in total. The number of nitrogens with two attached hydrogens (primary N) is 2. The first-order valence-electron chi connectivity index (χ1n) is 5.34. The number of nitrogens with one attached hydrogen (secondary N) is 1. The second-order valence-corrected chi connectivity index (χ2v) is 4.37. The van der Waals surface area contributed by atoms with Gasteiger partial charge >= 0.3 is 0 Å². The number of rotatable bonds is 3. The number of anilines is 1. The van der Waals surface area contributed by atoms with Crippen molar-refractivity contribution in [1.29, 1.82) is 0 Å². The van der Waals surface area contributed by atoms with Crippen LogP contribution in [0.5, 0.6) is 0 Å². The third kappa shape index (κ3) is 1.76. The average Bonchev–Trinajstić information content (AvgIpc) is 2.39. The van der Waals surface area contributed by atoms with Gasteiger partial charge < -0.3 is 16.8 Å². The van der Waals surface area contributed by atoms with E-state index in [1.165, 1.54) is 0 Å². The van der Waals surface area contributed by atoms with Crippen molar-refractivity contribution in [2.45, 2.75) is 31.8 Å². The lowest BCUT2D eigenvalue weighted by atomic mass is 9.87. The number of amides is 1. The van der Waals surface area contributed by atoms with Gasteiger partial charge in [-0.15, -0.1) is 0 Å². The Balaban J connectivity index is 2.22. The van der Waals surface area contributed by atoms with Crippen LogP contribution in [-0.2, 0) is 7.05 Å². The highest BCUT2D eigenvalue weighted by Gasteiger charge is 2.28. The van der Waals surface area contributed by atoms with Gasteiger partial charge in [0.05, 0.1) is 5.69 Å². The standard InChI is InChI=1S/C10H17N5O/c1-5-8(9(12)16)10(15(2)14-5)13-7-3-6(11)4-7/h6-7,13H,3-4,11H2,1-2H3,(H2,12,16). The predicted molar refractivity (Wildman–Crippen MR) is 61.1 cm³/mol. The van der Waals surface area contributed by atoms with E-state index < -0.39 is 5.91 Å². The van der Waals surface area contributed by atoms with Crippen molar-refractivity contribution in [3.63, 3.8) is 0 Å². The van der Waals surface area contributed by atoms with Gasteiger partial charge in [0.15, 0.2) is 0 Å². The first-order chi connectivity index (χ1) is 7.49. The van der Waals surface area contributed by atoms with Gasteiger partial charge in [-0.25, -0.2) is 0 Å². The second-order valence-electron chi connectivity index (χ2n) is 4.37. The summed E-state index contributed by atoms with van der Waals surface area (Å²) >= 11 is 0. The molecule has 0 unspecified atom stereocenters. The van der Waals surface area contributed by atoms with Crippen LogP contribution in [0, 0.1) is 6.92 Å². The minimum Gasteiger partial charge on any atom is -0.367 e. The molecule has 1 saturated carbocycles. The largest absolute Gasteiger partial charge is 0.367 e. The van der Waals surface area contributed by atoms with E-state index in [0.717, 1.165) is 12.8 Å². The average molecular weight is 223 g/mol. The van der Waals surface area contributed by atoms with Crippen LogP contribution in [0.2, 0.25) is 0 Å². The number of primary amides is 1. The van der Waals surface area contributed by atoms with Gasteiger partial charge in [0.25, 0.3) is 5.91 Å². The second kappa shape index (κ2) is 3.79. The van der Waals surface area contributed by atoms with Gasteiger partial charge in [0.2, 0.25) is 0 Å². The van der Waals surface area contributed by atoms with Crippen molar-refractivity contribution in [2.75, 3.05) is 5.32 Å². The maximum absolute atomic E-state index is 11.3. The summed E-state index contributed by atoms with van der Waals surface area (Å²) in [5.74, 6) is 0.249. The Bertz CT molecular complexity index is 419. The number of carbonyl (C=O) groups excluding carboxylic acids is 1. The zero-order valence-electron chi connectivity index (χ0n) is 9.53. The van der Waals surface area contributed by atoms with Gasteiger partial charge in [0.1, 0.15) is 11.4 Å². The quantitative estimate of drug-likeness (QED) is 0.656. The van der Waals surface area contributed by atoms with Crippen molar-refractivity contribution in [1.82, 2.24) is 9.78 Å².